The Morgan fingerprint density at radius 2 is 2.06 bits per heavy atom. The largest absolute Gasteiger partial charge is 0.508 e. The summed E-state index contributed by atoms with van der Waals surface area (Å²) < 4.78 is 0. The number of hydrogen-bond donors (Lipinski definition) is 2. The van der Waals surface area contributed by atoms with E-state index in [1.165, 1.54) is 0 Å². The van der Waals surface area contributed by atoms with Crippen molar-refractivity contribution in [3.8, 4) is 5.75 Å². The highest BCUT2D eigenvalue weighted by Gasteiger charge is 2.40. The van der Waals surface area contributed by atoms with Gasteiger partial charge in [0.1, 0.15) is 11.3 Å². The number of benzene rings is 1. The molecule has 1 aromatic rings. The number of carbonyl (C=O) groups is 1. The van der Waals surface area contributed by atoms with Crippen molar-refractivity contribution in [2.45, 2.75) is 31.7 Å². The lowest BCUT2D eigenvalue weighted by Gasteiger charge is -2.35. The van der Waals surface area contributed by atoms with Gasteiger partial charge in [0.25, 0.3) is 0 Å². The van der Waals surface area contributed by atoms with E-state index in [2.05, 4.69) is 0 Å². The number of phenols is 1. The van der Waals surface area contributed by atoms with Crippen LogP contribution in [0, 0.1) is 0 Å². The molecular formula is C14H19NO3. The zero-order valence-electron chi connectivity index (χ0n) is 10.6. The first kappa shape index (κ1) is 12.9. The van der Waals surface area contributed by atoms with Crippen LogP contribution in [0.25, 0.3) is 0 Å². The third-order valence-corrected chi connectivity index (χ3v) is 3.72. The van der Waals surface area contributed by atoms with E-state index in [9.17, 15) is 15.0 Å². The summed E-state index contributed by atoms with van der Waals surface area (Å²) in [5.41, 5.74) is -0.0311. The number of carboxylic acid groups (broad SMARTS) is 1. The Morgan fingerprint density at radius 3 is 2.61 bits per heavy atom. The number of likely N-dealkylation sites (tertiary alicyclic amines) is 1. The van der Waals surface area contributed by atoms with E-state index in [1.807, 2.05) is 11.0 Å². The molecule has 18 heavy (non-hydrogen) atoms. The second kappa shape index (κ2) is 4.98. The summed E-state index contributed by atoms with van der Waals surface area (Å²) in [6.45, 7) is 3.44. The summed E-state index contributed by atoms with van der Waals surface area (Å²) >= 11 is 0. The molecule has 1 heterocycles. The lowest BCUT2D eigenvalue weighted by molar-refractivity contribution is -0.149. The van der Waals surface area contributed by atoms with Crippen molar-refractivity contribution in [2.75, 3.05) is 13.1 Å². The van der Waals surface area contributed by atoms with E-state index in [-0.39, 0.29) is 5.75 Å². The maximum absolute atomic E-state index is 11.6. The van der Waals surface area contributed by atoms with Crippen molar-refractivity contribution >= 4 is 5.97 Å². The zero-order chi connectivity index (χ0) is 13.2. The van der Waals surface area contributed by atoms with E-state index in [0.29, 0.717) is 6.42 Å². The topological polar surface area (TPSA) is 60.8 Å². The van der Waals surface area contributed by atoms with Crippen LogP contribution in [-0.2, 0) is 11.2 Å². The number of aliphatic carboxylic acids is 1. The van der Waals surface area contributed by atoms with Crippen LogP contribution in [-0.4, -0.2) is 39.7 Å². The van der Waals surface area contributed by atoms with Gasteiger partial charge in [0, 0.05) is 6.42 Å². The average molecular weight is 249 g/mol. The van der Waals surface area contributed by atoms with Crippen molar-refractivity contribution in [3.63, 3.8) is 0 Å². The number of aromatic hydroxyl groups is 1. The van der Waals surface area contributed by atoms with Gasteiger partial charge in [-0.15, -0.1) is 0 Å². The summed E-state index contributed by atoms with van der Waals surface area (Å²) in [5, 5.41) is 19.0. The first-order valence-corrected chi connectivity index (χ1v) is 6.29. The first-order chi connectivity index (χ1) is 8.52. The molecule has 1 saturated heterocycles. The van der Waals surface area contributed by atoms with Crippen LogP contribution in [0.15, 0.2) is 24.3 Å². The molecule has 1 aliphatic heterocycles. The Hall–Kier alpha value is -1.55. The van der Waals surface area contributed by atoms with Gasteiger partial charge in [-0.1, -0.05) is 12.1 Å². The fourth-order valence-electron chi connectivity index (χ4n) is 2.60. The van der Waals surface area contributed by atoms with Crippen molar-refractivity contribution < 1.29 is 15.0 Å². The molecule has 0 bridgehead atoms. The second-order valence-electron chi connectivity index (χ2n) is 5.12. The Morgan fingerprint density at radius 1 is 1.39 bits per heavy atom. The molecule has 1 unspecified atom stereocenters. The van der Waals surface area contributed by atoms with Gasteiger partial charge in [-0.05, 0) is 50.6 Å². The van der Waals surface area contributed by atoms with Gasteiger partial charge in [-0.3, -0.25) is 9.69 Å². The summed E-state index contributed by atoms with van der Waals surface area (Å²) in [6, 6.07) is 6.84. The fourth-order valence-corrected chi connectivity index (χ4v) is 2.60. The van der Waals surface area contributed by atoms with Crippen LogP contribution in [0.4, 0.5) is 0 Å². The van der Waals surface area contributed by atoms with Gasteiger partial charge >= 0.3 is 5.97 Å². The fraction of sp³-hybridized carbons (Fsp3) is 0.500. The lowest BCUT2D eigenvalue weighted by Crippen LogP contribution is -2.52. The maximum Gasteiger partial charge on any atom is 0.324 e. The molecule has 1 fully saturated rings. The van der Waals surface area contributed by atoms with Crippen LogP contribution in [0.2, 0.25) is 0 Å². The summed E-state index contributed by atoms with van der Waals surface area (Å²) in [4.78, 5) is 13.6. The number of rotatable bonds is 4. The zero-order valence-corrected chi connectivity index (χ0v) is 10.6. The number of hydrogen-bond acceptors (Lipinski definition) is 3. The average Bonchev–Trinajstić information content (AvgIpc) is 2.82. The molecule has 2 rings (SSSR count). The molecule has 0 saturated carbocycles. The summed E-state index contributed by atoms with van der Waals surface area (Å²) in [5.74, 6) is -0.616. The number of carboxylic acids is 1. The van der Waals surface area contributed by atoms with Crippen LogP contribution in [0.1, 0.15) is 25.3 Å². The van der Waals surface area contributed by atoms with E-state index in [1.54, 1.807) is 25.1 Å². The smallest absolute Gasteiger partial charge is 0.324 e. The van der Waals surface area contributed by atoms with Crippen molar-refractivity contribution in [2.24, 2.45) is 0 Å². The Kier molecular flexibility index (Phi) is 3.57. The molecule has 2 N–H and O–H groups in total. The molecular weight excluding hydrogens is 230 g/mol. The standard InChI is InChI=1S/C14H19NO3/c1-14(13(17)18,15-7-2-3-8-15)10-11-5-4-6-12(16)9-11/h4-6,9,16H,2-3,7-8,10H2,1H3,(H,17,18). The summed E-state index contributed by atoms with van der Waals surface area (Å²) in [6.07, 6.45) is 2.53. The predicted octanol–water partition coefficient (Wildman–Crippen LogP) is 1.87. The molecule has 98 valence electrons. The predicted molar refractivity (Wildman–Crippen MR) is 68.7 cm³/mol. The number of nitrogens with zero attached hydrogens (tertiary/aromatic N) is 1. The lowest BCUT2D eigenvalue weighted by atomic mass is 9.91. The summed E-state index contributed by atoms with van der Waals surface area (Å²) in [7, 11) is 0. The molecule has 4 heteroatoms. The molecule has 1 aromatic carbocycles. The van der Waals surface area contributed by atoms with Crippen molar-refractivity contribution in [1.82, 2.24) is 4.90 Å². The van der Waals surface area contributed by atoms with Gasteiger partial charge < -0.3 is 10.2 Å². The molecule has 0 aliphatic carbocycles. The molecule has 0 spiro atoms. The molecule has 1 aliphatic rings. The minimum absolute atomic E-state index is 0.182. The Bertz CT molecular complexity index is 440. The number of phenolic OH excluding ortho intramolecular Hbond substituents is 1. The SMILES string of the molecule is CC(Cc1cccc(O)c1)(C(=O)O)N1CCCC1. The monoisotopic (exact) mass is 249 g/mol. The van der Waals surface area contributed by atoms with Gasteiger partial charge in [-0.25, -0.2) is 0 Å². The van der Waals surface area contributed by atoms with Crippen LogP contribution >= 0.6 is 0 Å². The van der Waals surface area contributed by atoms with Crippen molar-refractivity contribution in [1.29, 1.82) is 0 Å². The second-order valence-corrected chi connectivity index (χ2v) is 5.12. The highest BCUT2D eigenvalue weighted by molar-refractivity contribution is 5.78. The maximum atomic E-state index is 11.6. The molecule has 0 amide bonds. The third-order valence-electron chi connectivity index (χ3n) is 3.72. The van der Waals surface area contributed by atoms with E-state index in [4.69, 9.17) is 0 Å². The van der Waals surface area contributed by atoms with Gasteiger partial charge in [-0.2, -0.15) is 0 Å². The van der Waals surface area contributed by atoms with Crippen LogP contribution in [0.5, 0.6) is 5.75 Å². The minimum Gasteiger partial charge on any atom is -0.508 e. The Labute approximate surface area is 107 Å². The first-order valence-electron chi connectivity index (χ1n) is 6.29. The van der Waals surface area contributed by atoms with Gasteiger partial charge in [0.05, 0.1) is 0 Å². The van der Waals surface area contributed by atoms with Gasteiger partial charge in [0.15, 0.2) is 0 Å². The molecule has 0 aromatic heterocycles. The van der Waals surface area contributed by atoms with Crippen LogP contribution in [0.3, 0.4) is 0 Å². The van der Waals surface area contributed by atoms with Gasteiger partial charge in [0.2, 0.25) is 0 Å². The van der Waals surface area contributed by atoms with E-state index >= 15 is 0 Å². The highest BCUT2D eigenvalue weighted by atomic mass is 16.4. The normalized spacial score (nSPS) is 19.6. The third kappa shape index (κ3) is 2.48. The van der Waals surface area contributed by atoms with E-state index < -0.39 is 11.5 Å². The highest BCUT2D eigenvalue weighted by Crippen LogP contribution is 2.26. The molecule has 1 atom stereocenters. The van der Waals surface area contributed by atoms with E-state index in [0.717, 1.165) is 31.5 Å². The molecule has 0 radical (unpaired) electrons. The quantitative estimate of drug-likeness (QED) is 0.855. The van der Waals surface area contributed by atoms with Crippen LogP contribution < -0.4 is 0 Å². The Balaban J connectivity index is 2.22. The van der Waals surface area contributed by atoms with Crippen molar-refractivity contribution in [3.05, 3.63) is 29.8 Å². The minimum atomic E-state index is -0.885. The molecule has 4 nitrogen and oxygen atoms in total.